The van der Waals surface area contributed by atoms with Gasteiger partial charge in [-0.3, -0.25) is 0 Å². The van der Waals surface area contributed by atoms with Gasteiger partial charge >= 0.3 is 0 Å². The smallest absolute Gasteiger partial charge is 0.242 e. The Kier molecular flexibility index (Phi) is 4.58. The van der Waals surface area contributed by atoms with Crippen molar-refractivity contribution in [2.45, 2.75) is 24.8 Å². The molecule has 0 spiro atoms. The molecule has 0 aliphatic carbocycles. The summed E-state index contributed by atoms with van der Waals surface area (Å²) in [6, 6.07) is 3.00. The predicted molar refractivity (Wildman–Crippen MR) is 79.7 cm³/mol. The van der Waals surface area contributed by atoms with Gasteiger partial charge in [-0.1, -0.05) is 0 Å². The average molecular weight is 379 g/mol. The lowest BCUT2D eigenvalue weighted by Gasteiger charge is -2.13. The molecule has 0 fully saturated rings. The molecule has 1 aromatic carbocycles. The summed E-state index contributed by atoms with van der Waals surface area (Å²) in [4.78, 5) is 5.16. The number of halogens is 2. The van der Waals surface area contributed by atoms with E-state index in [0.717, 1.165) is 17.0 Å². The minimum Gasteiger partial charge on any atom is -0.248 e. The van der Waals surface area contributed by atoms with E-state index in [2.05, 4.69) is 25.6 Å². The van der Waals surface area contributed by atoms with Crippen LogP contribution in [0.5, 0.6) is 0 Å². The molecule has 1 unspecified atom stereocenters. The fourth-order valence-electron chi connectivity index (χ4n) is 1.61. The monoisotopic (exact) mass is 378 g/mol. The maximum absolute atomic E-state index is 13.0. The molecule has 0 aliphatic rings. The van der Waals surface area contributed by atoms with E-state index >= 15 is 0 Å². The first-order chi connectivity index (χ1) is 9.29. The molecule has 0 radical (unpaired) electrons. The minimum atomic E-state index is -3.74. The van der Waals surface area contributed by atoms with Crippen molar-refractivity contribution in [2.75, 3.05) is 0 Å². The normalized spacial score (nSPS) is 13.4. The number of rotatable bonds is 4. The largest absolute Gasteiger partial charge is 0.248 e. The SMILES string of the molecule is Cc1cnc(C(C)NS(=O)(=O)c2ccc(F)cc2Br)s1. The summed E-state index contributed by atoms with van der Waals surface area (Å²) in [6.45, 7) is 3.62. The van der Waals surface area contributed by atoms with Crippen molar-refractivity contribution in [3.8, 4) is 0 Å². The highest BCUT2D eigenvalue weighted by Crippen LogP contribution is 2.25. The quantitative estimate of drug-likeness (QED) is 0.886. The summed E-state index contributed by atoms with van der Waals surface area (Å²) in [5.74, 6) is -0.501. The topological polar surface area (TPSA) is 59.1 Å². The number of hydrogen-bond donors (Lipinski definition) is 1. The predicted octanol–water partition coefficient (Wildman–Crippen LogP) is 3.39. The second-order valence-corrected chi connectivity index (χ2v) is 8.03. The Bertz CT molecular complexity index is 731. The second-order valence-electron chi connectivity index (χ2n) is 4.23. The number of thiazole rings is 1. The molecule has 2 aromatic rings. The summed E-state index contributed by atoms with van der Waals surface area (Å²) in [7, 11) is -3.74. The average Bonchev–Trinajstić information content (AvgIpc) is 2.74. The van der Waals surface area contributed by atoms with Crippen LogP contribution in [0.15, 0.2) is 33.8 Å². The van der Waals surface area contributed by atoms with E-state index in [1.165, 1.54) is 17.4 Å². The van der Waals surface area contributed by atoms with Gasteiger partial charge in [0.15, 0.2) is 0 Å². The Morgan fingerprint density at radius 2 is 2.15 bits per heavy atom. The van der Waals surface area contributed by atoms with Gasteiger partial charge in [-0.2, -0.15) is 0 Å². The van der Waals surface area contributed by atoms with E-state index in [0.29, 0.717) is 5.01 Å². The zero-order chi connectivity index (χ0) is 14.9. The zero-order valence-electron chi connectivity index (χ0n) is 10.7. The summed E-state index contributed by atoms with van der Waals surface area (Å²) in [5.41, 5.74) is 0. The molecule has 108 valence electrons. The molecule has 1 aromatic heterocycles. The lowest BCUT2D eigenvalue weighted by atomic mass is 10.3. The van der Waals surface area contributed by atoms with Gasteiger partial charge < -0.3 is 0 Å². The fraction of sp³-hybridized carbons (Fsp3) is 0.250. The first kappa shape index (κ1) is 15.6. The van der Waals surface area contributed by atoms with Crippen molar-refractivity contribution in [1.82, 2.24) is 9.71 Å². The minimum absolute atomic E-state index is 0.000900. The number of aromatic nitrogens is 1. The third-order valence-electron chi connectivity index (χ3n) is 2.52. The number of aryl methyl sites for hydroxylation is 1. The number of benzene rings is 1. The van der Waals surface area contributed by atoms with Gasteiger partial charge in [0.2, 0.25) is 10.0 Å². The maximum Gasteiger partial charge on any atom is 0.242 e. The number of hydrogen-bond acceptors (Lipinski definition) is 4. The molecule has 0 aliphatic heterocycles. The fourth-order valence-corrected chi connectivity index (χ4v) is 4.72. The molecular weight excluding hydrogens is 367 g/mol. The second kappa shape index (κ2) is 5.88. The lowest BCUT2D eigenvalue weighted by molar-refractivity contribution is 0.565. The first-order valence-electron chi connectivity index (χ1n) is 5.69. The number of sulfonamides is 1. The van der Waals surface area contributed by atoms with Crippen LogP contribution in [0.1, 0.15) is 22.9 Å². The molecule has 0 saturated heterocycles. The van der Waals surface area contributed by atoms with Crippen LogP contribution in [0, 0.1) is 12.7 Å². The van der Waals surface area contributed by atoms with Crippen LogP contribution in [-0.4, -0.2) is 13.4 Å². The van der Waals surface area contributed by atoms with Crippen molar-refractivity contribution in [2.24, 2.45) is 0 Å². The van der Waals surface area contributed by atoms with Gasteiger partial charge in [-0.15, -0.1) is 11.3 Å². The van der Waals surface area contributed by atoms with Gasteiger partial charge in [0, 0.05) is 15.5 Å². The van der Waals surface area contributed by atoms with Crippen LogP contribution in [0.3, 0.4) is 0 Å². The van der Waals surface area contributed by atoms with Gasteiger partial charge in [-0.05, 0) is 48.0 Å². The third kappa shape index (κ3) is 3.43. The summed E-state index contributed by atoms with van der Waals surface area (Å²) in [5, 5.41) is 0.685. The Hall–Kier alpha value is -0.830. The van der Waals surface area contributed by atoms with Crippen molar-refractivity contribution in [3.63, 3.8) is 0 Å². The van der Waals surface area contributed by atoms with Crippen LogP contribution >= 0.6 is 27.3 Å². The van der Waals surface area contributed by atoms with Crippen LogP contribution in [-0.2, 0) is 10.0 Å². The molecule has 0 saturated carbocycles. The highest BCUT2D eigenvalue weighted by atomic mass is 79.9. The molecule has 2 rings (SSSR count). The van der Waals surface area contributed by atoms with E-state index in [1.54, 1.807) is 13.1 Å². The van der Waals surface area contributed by atoms with Gasteiger partial charge in [0.05, 0.1) is 10.9 Å². The molecule has 1 N–H and O–H groups in total. The van der Waals surface area contributed by atoms with Crippen LogP contribution in [0.4, 0.5) is 4.39 Å². The molecule has 1 atom stereocenters. The van der Waals surface area contributed by atoms with Gasteiger partial charge in [0.1, 0.15) is 10.8 Å². The Morgan fingerprint density at radius 1 is 1.45 bits per heavy atom. The summed E-state index contributed by atoms with van der Waals surface area (Å²) < 4.78 is 40.3. The highest BCUT2D eigenvalue weighted by molar-refractivity contribution is 9.10. The lowest BCUT2D eigenvalue weighted by Crippen LogP contribution is -2.27. The molecule has 1 heterocycles. The summed E-state index contributed by atoms with van der Waals surface area (Å²) in [6.07, 6.45) is 1.69. The Balaban J connectivity index is 2.27. The van der Waals surface area contributed by atoms with E-state index in [9.17, 15) is 12.8 Å². The van der Waals surface area contributed by atoms with Crippen molar-refractivity contribution in [3.05, 3.63) is 44.6 Å². The third-order valence-corrected chi connectivity index (χ3v) is 6.14. The molecule has 0 bridgehead atoms. The maximum atomic E-state index is 13.0. The van der Waals surface area contributed by atoms with Crippen LogP contribution in [0.2, 0.25) is 0 Å². The summed E-state index contributed by atoms with van der Waals surface area (Å²) >= 11 is 4.49. The van der Waals surface area contributed by atoms with Gasteiger partial charge in [-0.25, -0.2) is 22.5 Å². The highest BCUT2D eigenvalue weighted by Gasteiger charge is 2.22. The van der Waals surface area contributed by atoms with Crippen molar-refractivity contribution in [1.29, 1.82) is 0 Å². The van der Waals surface area contributed by atoms with E-state index in [-0.39, 0.29) is 9.37 Å². The molecular formula is C12H12BrFN2O2S2. The number of nitrogens with one attached hydrogen (secondary N) is 1. The molecule has 4 nitrogen and oxygen atoms in total. The van der Waals surface area contributed by atoms with Crippen LogP contribution in [0.25, 0.3) is 0 Å². The number of nitrogens with zero attached hydrogens (tertiary/aromatic N) is 1. The zero-order valence-corrected chi connectivity index (χ0v) is 13.9. The molecule has 20 heavy (non-hydrogen) atoms. The standard InChI is InChI=1S/C12H12BrFN2O2S2/c1-7-6-15-12(19-7)8(2)16-20(17,18)11-4-3-9(14)5-10(11)13/h3-6,8,16H,1-2H3. The van der Waals surface area contributed by atoms with Crippen molar-refractivity contribution >= 4 is 37.3 Å². The van der Waals surface area contributed by atoms with E-state index in [1.807, 2.05) is 6.92 Å². The van der Waals surface area contributed by atoms with E-state index in [4.69, 9.17) is 0 Å². The van der Waals surface area contributed by atoms with E-state index < -0.39 is 21.9 Å². The van der Waals surface area contributed by atoms with Crippen LogP contribution < -0.4 is 4.72 Å². The Labute approximate surface area is 129 Å². The molecule has 8 heteroatoms. The Morgan fingerprint density at radius 3 is 2.70 bits per heavy atom. The van der Waals surface area contributed by atoms with Gasteiger partial charge in [0.25, 0.3) is 0 Å². The van der Waals surface area contributed by atoms with Crippen molar-refractivity contribution < 1.29 is 12.8 Å². The molecule has 0 amide bonds. The first-order valence-corrected chi connectivity index (χ1v) is 8.78.